The molecule has 92 valence electrons. The van der Waals surface area contributed by atoms with E-state index in [-0.39, 0.29) is 12.6 Å². The van der Waals surface area contributed by atoms with E-state index in [4.69, 9.17) is 5.11 Å². The quantitative estimate of drug-likeness (QED) is 0.824. The van der Waals surface area contributed by atoms with Crippen LogP contribution in [0.15, 0.2) is 24.5 Å². The van der Waals surface area contributed by atoms with Crippen LogP contribution in [0.4, 0.5) is 5.82 Å². The van der Waals surface area contributed by atoms with Crippen molar-refractivity contribution in [2.75, 3.05) is 11.9 Å². The summed E-state index contributed by atoms with van der Waals surface area (Å²) >= 11 is 0. The fourth-order valence-electron chi connectivity index (χ4n) is 1.79. The zero-order valence-electron chi connectivity index (χ0n) is 10.2. The third-order valence-electron chi connectivity index (χ3n) is 2.84. The van der Waals surface area contributed by atoms with Crippen molar-refractivity contribution >= 4 is 11.5 Å². The molecule has 0 aliphatic heterocycles. The summed E-state index contributed by atoms with van der Waals surface area (Å²) in [7, 11) is 0. The van der Waals surface area contributed by atoms with Crippen molar-refractivity contribution in [3.05, 3.63) is 24.5 Å². The first-order valence-corrected chi connectivity index (χ1v) is 5.88. The Bertz CT molecular complexity index is 480. The van der Waals surface area contributed by atoms with Crippen LogP contribution in [0.2, 0.25) is 0 Å². The van der Waals surface area contributed by atoms with Gasteiger partial charge in [-0.15, -0.1) is 0 Å². The van der Waals surface area contributed by atoms with Gasteiger partial charge < -0.3 is 10.4 Å². The van der Waals surface area contributed by atoms with Gasteiger partial charge in [-0.3, -0.25) is 0 Å². The molecule has 2 aromatic rings. The molecule has 2 rings (SSSR count). The first-order valence-electron chi connectivity index (χ1n) is 5.88. The van der Waals surface area contributed by atoms with Gasteiger partial charge in [0, 0.05) is 24.9 Å². The Hall–Kier alpha value is -1.62. The molecule has 0 radical (unpaired) electrons. The minimum Gasteiger partial charge on any atom is -0.396 e. The highest BCUT2D eigenvalue weighted by atomic mass is 16.3. The molecule has 17 heavy (non-hydrogen) atoms. The van der Waals surface area contributed by atoms with Crippen molar-refractivity contribution in [2.45, 2.75) is 26.3 Å². The van der Waals surface area contributed by atoms with Crippen LogP contribution in [0, 0.1) is 5.92 Å². The lowest BCUT2D eigenvalue weighted by Crippen LogP contribution is -2.27. The minimum atomic E-state index is 0.185. The number of rotatable bonds is 5. The first kappa shape index (κ1) is 11.9. The van der Waals surface area contributed by atoms with Gasteiger partial charge in [0.05, 0.1) is 6.20 Å². The molecule has 2 N–H and O–H groups in total. The molecule has 0 saturated carbocycles. The van der Waals surface area contributed by atoms with Gasteiger partial charge in [0.15, 0.2) is 5.65 Å². The Balaban J connectivity index is 2.15. The van der Waals surface area contributed by atoms with Crippen LogP contribution in [0.25, 0.3) is 5.65 Å². The lowest BCUT2D eigenvalue weighted by molar-refractivity contribution is 0.267. The summed E-state index contributed by atoms with van der Waals surface area (Å²) in [6.45, 7) is 4.44. The van der Waals surface area contributed by atoms with Crippen LogP contribution in [-0.4, -0.2) is 32.4 Å². The molecule has 1 atom stereocenters. The standard InChI is InChI=1S/C12H18N4O/c1-9(2)10(5-8-17)14-11-4-7-16-12(15-11)3-6-13-16/h3-4,6-7,9-10,17H,5,8H2,1-2H3,(H,14,15). The maximum Gasteiger partial charge on any atom is 0.157 e. The molecule has 0 spiro atoms. The largest absolute Gasteiger partial charge is 0.396 e. The number of fused-ring (bicyclic) bond motifs is 1. The molecule has 0 amide bonds. The van der Waals surface area contributed by atoms with Gasteiger partial charge in [-0.25, -0.2) is 9.50 Å². The number of hydrogen-bond acceptors (Lipinski definition) is 4. The van der Waals surface area contributed by atoms with Crippen LogP contribution in [-0.2, 0) is 0 Å². The van der Waals surface area contributed by atoms with Gasteiger partial charge >= 0.3 is 0 Å². The topological polar surface area (TPSA) is 62.5 Å². The number of aromatic nitrogens is 3. The zero-order valence-corrected chi connectivity index (χ0v) is 10.2. The summed E-state index contributed by atoms with van der Waals surface area (Å²) in [5.74, 6) is 1.27. The molecule has 0 aliphatic carbocycles. The van der Waals surface area contributed by atoms with E-state index in [0.717, 1.165) is 17.9 Å². The minimum absolute atomic E-state index is 0.185. The highest BCUT2D eigenvalue weighted by Gasteiger charge is 2.13. The van der Waals surface area contributed by atoms with Gasteiger partial charge in [-0.1, -0.05) is 13.8 Å². The lowest BCUT2D eigenvalue weighted by Gasteiger charge is -2.22. The van der Waals surface area contributed by atoms with Crippen LogP contribution < -0.4 is 5.32 Å². The van der Waals surface area contributed by atoms with Crippen molar-refractivity contribution in [1.82, 2.24) is 14.6 Å². The Kier molecular flexibility index (Phi) is 3.58. The van der Waals surface area contributed by atoms with Gasteiger partial charge in [-0.05, 0) is 18.4 Å². The molecule has 2 aromatic heterocycles. The predicted octanol–water partition coefficient (Wildman–Crippen LogP) is 1.55. The summed E-state index contributed by atoms with van der Waals surface area (Å²) in [6.07, 6.45) is 4.32. The molecule has 0 bridgehead atoms. The normalized spacial score (nSPS) is 13.2. The van der Waals surface area contributed by atoms with E-state index in [2.05, 4.69) is 29.2 Å². The summed E-state index contributed by atoms with van der Waals surface area (Å²) in [4.78, 5) is 4.45. The molecule has 5 nitrogen and oxygen atoms in total. The molecule has 0 saturated heterocycles. The van der Waals surface area contributed by atoms with Gasteiger partial charge in [0.1, 0.15) is 5.82 Å². The van der Waals surface area contributed by atoms with E-state index in [0.29, 0.717) is 5.92 Å². The van der Waals surface area contributed by atoms with Crippen LogP contribution >= 0.6 is 0 Å². The number of anilines is 1. The number of aliphatic hydroxyl groups excluding tert-OH is 1. The van der Waals surface area contributed by atoms with Crippen molar-refractivity contribution in [1.29, 1.82) is 0 Å². The highest BCUT2D eigenvalue weighted by molar-refractivity contribution is 5.45. The molecule has 2 heterocycles. The van der Waals surface area contributed by atoms with Gasteiger partial charge in [-0.2, -0.15) is 5.10 Å². The SMILES string of the molecule is CC(C)C(CCO)Nc1ccn2nccc2n1. The second-order valence-corrected chi connectivity index (χ2v) is 4.45. The highest BCUT2D eigenvalue weighted by Crippen LogP contribution is 2.13. The smallest absolute Gasteiger partial charge is 0.157 e. The van der Waals surface area contributed by atoms with E-state index in [1.807, 2.05) is 18.3 Å². The van der Waals surface area contributed by atoms with Crippen molar-refractivity contribution in [3.63, 3.8) is 0 Å². The summed E-state index contributed by atoms with van der Waals surface area (Å²) in [5.41, 5.74) is 0.821. The second-order valence-electron chi connectivity index (χ2n) is 4.45. The maximum absolute atomic E-state index is 9.03. The summed E-state index contributed by atoms with van der Waals surface area (Å²) < 4.78 is 1.72. The third-order valence-corrected chi connectivity index (χ3v) is 2.84. The Labute approximate surface area is 100 Å². The fourth-order valence-corrected chi connectivity index (χ4v) is 1.79. The third kappa shape index (κ3) is 2.74. The van der Waals surface area contributed by atoms with Crippen molar-refractivity contribution in [2.24, 2.45) is 5.92 Å². The van der Waals surface area contributed by atoms with E-state index < -0.39 is 0 Å². The Morgan fingerprint density at radius 3 is 2.94 bits per heavy atom. The lowest BCUT2D eigenvalue weighted by atomic mass is 10.0. The number of aliphatic hydroxyl groups is 1. The monoisotopic (exact) mass is 234 g/mol. The molecule has 5 heteroatoms. The molecular weight excluding hydrogens is 216 g/mol. The van der Waals surface area contributed by atoms with Crippen LogP contribution in [0.5, 0.6) is 0 Å². The Morgan fingerprint density at radius 2 is 2.24 bits per heavy atom. The number of nitrogens with zero attached hydrogens (tertiary/aromatic N) is 3. The van der Waals surface area contributed by atoms with Crippen LogP contribution in [0.1, 0.15) is 20.3 Å². The van der Waals surface area contributed by atoms with Crippen molar-refractivity contribution < 1.29 is 5.11 Å². The van der Waals surface area contributed by atoms with Crippen molar-refractivity contribution in [3.8, 4) is 0 Å². The van der Waals surface area contributed by atoms with E-state index >= 15 is 0 Å². The summed E-state index contributed by atoms with van der Waals surface area (Å²) in [5, 5.41) is 16.5. The molecule has 0 aliphatic rings. The zero-order chi connectivity index (χ0) is 12.3. The van der Waals surface area contributed by atoms with E-state index in [1.54, 1.807) is 10.7 Å². The summed E-state index contributed by atoms with van der Waals surface area (Å²) in [6, 6.07) is 3.99. The number of hydrogen-bond donors (Lipinski definition) is 2. The van der Waals surface area contributed by atoms with E-state index in [9.17, 15) is 0 Å². The molecule has 1 unspecified atom stereocenters. The average molecular weight is 234 g/mol. The molecule has 0 fully saturated rings. The van der Waals surface area contributed by atoms with Gasteiger partial charge in [0.2, 0.25) is 0 Å². The van der Waals surface area contributed by atoms with E-state index in [1.165, 1.54) is 0 Å². The maximum atomic E-state index is 9.03. The average Bonchev–Trinajstić information content (AvgIpc) is 2.75. The molecular formula is C12H18N4O. The Morgan fingerprint density at radius 1 is 1.41 bits per heavy atom. The van der Waals surface area contributed by atoms with Crippen LogP contribution in [0.3, 0.4) is 0 Å². The van der Waals surface area contributed by atoms with Gasteiger partial charge in [0.25, 0.3) is 0 Å². The number of nitrogens with one attached hydrogen (secondary N) is 1. The fraction of sp³-hybridized carbons (Fsp3) is 0.500. The molecule has 0 aromatic carbocycles. The predicted molar refractivity (Wildman–Crippen MR) is 66.9 cm³/mol. The first-order chi connectivity index (χ1) is 8.20. The second kappa shape index (κ2) is 5.14.